The fraction of sp³-hybridized carbons (Fsp3) is 0.647. The van der Waals surface area contributed by atoms with Crippen LogP contribution < -0.4 is 5.73 Å². The van der Waals surface area contributed by atoms with Gasteiger partial charge in [-0.3, -0.25) is 0 Å². The second-order valence-electron chi connectivity index (χ2n) is 8.11. The molecule has 0 heterocycles. The zero-order valence-corrected chi connectivity index (χ0v) is 14.5. The van der Waals surface area contributed by atoms with E-state index in [1.54, 1.807) is 6.07 Å². The standard InChI is InChI=1S/C17H25BrFN/c1-15(2)9-16(3,4)11-17(20,10-15)8-12-6-5-7-13(19)14(12)18/h5-7H,8-11,20H2,1-4H3. The molecule has 1 aromatic carbocycles. The highest BCUT2D eigenvalue weighted by Crippen LogP contribution is 2.50. The number of hydrogen-bond acceptors (Lipinski definition) is 1. The summed E-state index contributed by atoms with van der Waals surface area (Å²) in [4.78, 5) is 0. The van der Waals surface area contributed by atoms with Gasteiger partial charge in [-0.25, -0.2) is 4.39 Å². The smallest absolute Gasteiger partial charge is 0.137 e. The van der Waals surface area contributed by atoms with Crippen LogP contribution in [0.5, 0.6) is 0 Å². The van der Waals surface area contributed by atoms with Gasteiger partial charge in [-0.15, -0.1) is 0 Å². The molecule has 20 heavy (non-hydrogen) atoms. The minimum absolute atomic E-state index is 0.208. The Morgan fingerprint density at radius 3 is 2.20 bits per heavy atom. The van der Waals surface area contributed by atoms with Crippen molar-refractivity contribution in [3.05, 3.63) is 34.1 Å². The molecule has 1 aromatic rings. The van der Waals surface area contributed by atoms with E-state index in [-0.39, 0.29) is 22.2 Å². The largest absolute Gasteiger partial charge is 0.325 e. The molecule has 0 saturated heterocycles. The molecule has 1 aliphatic carbocycles. The van der Waals surface area contributed by atoms with E-state index in [4.69, 9.17) is 5.73 Å². The molecule has 0 amide bonds. The Bertz CT molecular complexity index is 492. The molecule has 2 N–H and O–H groups in total. The molecular formula is C17H25BrFN. The summed E-state index contributed by atoms with van der Waals surface area (Å²) in [5.74, 6) is -0.208. The first kappa shape index (κ1) is 16.0. The average Bonchev–Trinajstić information content (AvgIpc) is 2.19. The second kappa shape index (κ2) is 5.10. The second-order valence-corrected chi connectivity index (χ2v) is 8.90. The van der Waals surface area contributed by atoms with E-state index < -0.39 is 0 Å². The maximum atomic E-state index is 13.7. The predicted molar refractivity (Wildman–Crippen MR) is 86.1 cm³/mol. The summed E-state index contributed by atoms with van der Waals surface area (Å²) in [6.07, 6.45) is 3.86. The molecule has 1 saturated carbocycles. The molecule has 1 fully saturated rings. The van der Waals surface area contributed by atoms with Crippen molar-refractivity contribution >= 4 is 15.9 Å². The lowest BCUT2D eigenvalue weighted by atomic mass is 9.57. The van der Waals surface area contributed by atoms with Crippen LogP contribution in [0.2, 0.25) is 0 Å². The molecule has 0 aromatic heterocycles. The van der Waals surface area contributed by atoms with E-state index in [9.17, 15) is 4.39 Å². The fourth-order valence-electron chi connectivity index (χ4n) is 4.58. The first-order valence-electron chi connectivity index (χ1n) is 7.24. The van der Waals surface area contributed by atoms with E-state index in [2.05, 4.69) is 43.6 Å². The molecule has 3 heteroatoms. The van der Waals surface area contributed by atoms with Gasteiger partial charge in [-0.05, 0) is 64.1 Å². The lowest BCUT2D eigenvalue weighted by Gasteiger charge is -2.50. The van der Waals surface area contributed by atoms with Crippen LogP contribution in [0.4, 0.5) is 4.39 Å². The zero-order valence-electron chi connectivity index (χ0n) is 12.9. The van der Waals surface area contributed by atoms with Gasteiger partial charge >= 0.3 is 0 Å². The number of hydrogen-bond donors (Lipinski definition) is 1. The average molecular weight is 342 g/mol. The maximum absolute atomic E-state index is 13.7. The van der Waals surface area contributed by atoms with Crippen molar-refractivity contribution in [2.45, 2.75) is 58.9 Å². The number of nitrogens with two attached hydrogens (primary N) is 1. The SMILES string of the molecule is CC1(C)CC(C)(C)CC(N)(Cc2cccc(F)c2Br)C1. The molecular weight excluding hydrogens is 317 g/mol. The van der Waals surface area contributed by atoms with Gasteiger partial charge in [-0.1, -0.05) is 39.8 Å². The number of rotatable bonds is 2. The molecule has 0 unspecified atom stereocenters. The van der Waals surface area contributed by atoms with Crippen molar-refractivity contribution in [1.82, 2.24) is 0 Å². The minimum Gasteiger partial charge on any atom is -0.325 e. The molecule has 1 nitrogen and oxygen atoms in total. The molecule has 112 valence electrons. The van der Waals surface area contributed by atoms with E-state index in [0.29, 0.717) is 4.47 Å². The van der Waals surface area contributed by atoms with Crippen LogP contribution in [0, 0.1) is 16.6 Å². The molecule has 1 aliphatic rings. The van der Waals surface area contributed by atoms with Crippen molar-refractivity contribution in [3.63, 3.8) is 0 Å². The van der Waals surface area contributed by atoms with Crippen LogP contribution >= 0.6 is 15.9 Å². The highest BCUT2D eigenvalue weighted by Gasteiger charge is 2.45. The number of halogens is 2. The summed E-state index contributed by atoms with van der Waals surface area (Å²) in [5.41, 5.74) is 7.89. The van der Waals surface area contributed by atoms with Gasteiger partial charge in [0.25, 0.3) is 0 Å². The lowest BCUT2D eigenvalue weighted by molar-refractivity contribution is 0.0486. The summed E-state index contributed by atoms with van der Waals surface area (Å²) in [6.45, 7) is 9.15. The van der Waals surface area contributed by atoms with Crippen LogP contribution in [0.1, 0.15) is 52.5 Å². The molecule has 2 rings (SSSR count). The first-order chi connectivity index (χ1) is 9.02. The van der Waals surface area contributed by atoms with Gasteiger partial charge in [0, 0.05) is 5.54 Å². The predicted octanol–water partition coefficient (Wildman–Crippen LogP) is 5.06. The Kier molecular flexibility index (Phi) is 4.07. The molecule has 0 atom stereocenters. The molecule has 0 radical (unpaired) electrons. The highest BCUT2D eigenvalue weighted by molar-refractivity contribution is 9.10. The van der Waals surface area contributed by atoms with Crippen molar-refractivity contribution in [1.29, 1.82) is 0 Å². The summed E-state index contributed by atoms with van der Waals surface area (Å²) in [7, 11) is 0. The summed E-state index contributed by atoms with van der Waals surface area (Å²) < 4.78 is 14.2. The monoisotopic (exact) mass is 341 g/mol. The summed E-state index contributed by atoms with van der Waals surface area (Å²) >= 11 is 3.36. The number of benzene rings is 1. The third-order valence-corrected chi connectivity index (χ3v) is 5.08. The summed E-state index contributed by atoms with van der Waals surface area (Å²) in [5, 5.41) is 0. The first-order valence-corrected chi connectivity index (χ1v) is 8.03. The van der Waals surface area contributed by atoms with Crippen LogP contribution in [0.25, 0.3) is 0 Å². The fourth-order valence-corrected chi connectivity index (χ4v) is 4.98. The summed E-state index contributed by atoms with van der Waals surface area (Å²) in [6, 6.07) is 5.21. The van der Waals surface area contributed by atoms with Gasteiger partial charge < -0.3 is 5.73 Å². The quantitative estimate of drug-likeness (QED) is 0.798. The Morgan fingerprint density at radius 1 is 1.10 bits per heavy atom. The van der Waals surface area contributed by atoms with E-state index in [0.717, 1.165) is 24.8 Å². The highest BCUT2D eigenvalue weighted by atomic mass is 79.9. The Morgan fingerprint density at radius 2 is 1.65 bits per heavy atom. The topological polar surface area (TPSA) is 26.0 Å². The zero-order chi connectivity index (χ0) is 15.2. The minimum atomic E-state index is -0.262. The van der Waals surface area contributed by atoms with Crippen LogP contribution in [0.3, 0.4) is 0 Å². The molecule has 0 spiro atoms. The molecule has 0 aliphatic heterocycles. The van der Waals surface area contributed by atoms with Crippen LogP contribution in [-0.2, 0) is 6.42 Å². The van der Waals surface area contributed by atoms with Crippen molar-refractivity contribution in [2.24, 2.45) is 16.6 Å². The molecule has 0 bridgehead atoms. The van der Waals surface area contributed by atoms with Crippen LogP contribution in [-0.4, -0.2) is 5.54 Å². The Hall–Kier alpha value is -0.410. The van der Waals surface area contributed by atoms with Gasteiger partial charge in [0.15, 0.2) is 0 Å². The van der Waals surface area contributed by atoms with Crippen molar-refractivity contribution in [3.8, 4) is 0 Å². The normalized spacial score (nSPS) is 23.6. The maximum Gasteiger partial charge on any atom is 0.137 e. The van der Waals surface area contributed by atoms with Crippen LogP contribution in [0.15, 0.2) is 22.7 Å². The van der Waals surface area contributed by atoms with Gasteiger partial charge in [0.2, 0.25) is 0 Å². The Balaban J connectivity index is 2.29. The third-order valence-electron chi connectivity index (χ3n) is 4.19. The van der Waals surface area contributed by atoms with Gasteiger partial charge in [0.1, 0.15) is 5.82 Å². The van der Waals surface area contributed by atoms with Crippen molar-refractivity contribution < 1.29 is 4.39 Å². The Labute approximate surface area is 130 Å². The lowest BCUT2D eigenvalue weighted by Crippen LogP contribution is -2.53. The van der Waals surface area contributed by atoms with Gasteiger partial charge in [0.05, 0.1) is 4.47 Å². The van der Waals surface area contributed by atoms with Gasteiger partial charge in [-0.2, -0.15) is 0 Å². The van der Waals surface area contributed by atoms with E-state index in [1.165, 1.54) is 12.5 Å². The third kappa shape index (κ3) is 3.62. The van der Waals surface area contributed by atoms with E-state index >= 15 is 0 Å². The van der Waals surface area contributed by atoms with E-state index in [1.807, 2.05) is 6.07 Å². The van der Waals surface area contributed by atoms with Crippen molar-refractivity contribution in [2.75, 3.05) is 0 Å².